The molecule has 1 fully saturated rings. The third-order valence-corrected chi connectivity index (χ3v) is 6.60. The van der Waals surface area contributed by atoms with Gasteiger partial charge in [0.15, 0.2) is 11.8 Å². The van der Waals surface area contributed by atoms with E-state index in [1.165, 1.54) is 24.8 Å². The average Bonchev–Trinajstić information content (AvgIpc) is 3.19. The van der Waals surface area contributed by atoms with E-state index in [-0.39, 0.29) is 41.3 Å². The van der Waals surface area contributed by atoms with Crippen molar-refractivity contribution in [2.24, 2.45) is 4.99 Å². The van der Waals surface area contributed by atoms with Gasteiger partial charge in [-0.3, -0.25) is 4.99 Å². The summed E-state index contributed by atoms with van der Waals surface area (Å²) in [5.74, 6) is 2.38. The Kier molecular flexibility index (Phi) is 8.87. The predicted octanol–water partition coefficient (Wildman–Crippen LogP) is 3.56. The monoisotopic (exact) mass is 556 g/mol. The summed E-state index contributed by atoms with van der Waals surface area (Å²) >= 11 is 0. The number of hydrogen-bond donors (Lipinski definition) is 2. The number of hydrogen-bond acceptors (Lipinski definition) is 4. The molecule has 9 heteroatoms. The maximum absolute atomic E-state index is 13.5. The van der Waals surface area contributed by atoms with Crippen LogP contribution in [0.1, 0.15) is 55.7 Å². The number of aromatic nitrogens is 3. The summed E-state index contributed by atoms with van der Waals surface area (Å²) in [6.45, 7) is 1.99. The van der Waals surface area contributed by atoms with E-state index < -0.39 is 0 Å². The molecule has 1 unspecified atom stereocenters. The number of rotatable bonds is 6. The lowest BCUT2D eigenvalue weighted by molar-refractivity contribution is 0.177. The molecule has 1 aliphatic carbocycles. The Morgan fingerprint density at radius 3 is 2.69 bits per heavy atom. The number of nitrogens with one attached hydrogen (secondary N) is 2. The first kappa shape index (κ1) is 24.9. The second-order valence-electron chi connectivity index (χ2n) is 8.71. The first-order valence-corrected chi connectivity index (χ1v) is 11.3. The number of aryl methyl sites for hydroxylation is 1. The van der Waals surface area contributed by atoms with Gasteiger partial charge in [-0.25, -0.2) is 14.1 Å². The third kappa shape index (κ3) is 5.78. The van der Waals surface area contributed by atoms with Gasteiger partial charge in [0.05, 0.1) is 6.54 Å². The van der Waals surface area contributed by atoms with Crippen molar-refractivity contribution < 1.29 is 9.13 Å². The van der Waals surface area contributed by atoms with Crippen molar-refractivity contribution in [2.75, 3.05) is 20.7 Å². The number of ether oxygens (including phenoxy) is 1. The van der Waals surface area contributed by atoms with E-state index in [1.54, 1.807) is 26.3 Å². The molecular weight excluding hydrogens is 522 g/mol. The summed E-state index contributed by atoms with van der Waals surface area (Å²) in [6.07, 6.45) is 7.75. The molecule has 1 aromatic carbocycles. The molecule has 1 atom stereocenters. The molecule has 1 aliphatic heterocycles. The minimum Gasteiger partial charge on any atom is -0.377 e. The highest BCUT2D eigenvalue weighted by Crippen LogP contribution is 2.39. The van der Waals surface area contributed by atoms with Crippen LogP contribution in [0.4, 0.5) is 4.39 Å². The summed E-state index contributed by atoms with van der Waals surface area (Å²) in [6, 6.07) is 7.29. The van der Waals surface area contributed by atoms with Crippen molar-refractivity contribution in [1.29, 1.82) is 0 Å². The van der Waals surface area contributed by atoms with E-state index in [0.29, 0.717) is 6.61 Å². The van der Waals surface area contributed by atoms with Gasteiger partial charge >= 0.3 is 0 Å². The highest BCUT2D eigenvalue weighted by molar-refractivity contribution is 14.0. The second kappa shape index (κ2) is 11.4. The zero-order valence-electron chi connectivity index (χ0n) is 18.9. The number of aliphatic imine (C=N–C) groups is 1. The fraction of sp³-hybridized carbons (Fsp3) is 0.609. The van der Waals surface area contributed by atoms with Crippen LogP contribution in [0.15, 0.2) is 29.3 Å². The molecule has 2 heterocycles. The SMILES string of the molecule is CN=C(NCC1(c2ccc(F)cc2)CCCCC1)NC1CCc2nc(COC)nn2C1.I. The van der Waals surface area contributed by atoms with Gasteiger partial charge in [-0.15, -0.1) is 24.0 Å². The third-order valence-electron chi connectivity index (χ3n) is 6.60. The number of methoxy groups -OCH3 is 1. The Balaban J connectivity index is 0.00000289. The highest BCUT2D eigenvalue weighted by atomic mass is 127. The first-order chi connectivity index (χ1) is 15.1. The fourth-order valence-electron chi connectivity index (χ4n) is 4.91. The van der Waals surface area contributed by atoms with Crippen LogP contribution >= 0.6 is 24.0 Å². The minimum absolute atomic E-state index is 0. The van der Waals surface area contributed by atoms with Crippen molar-refractivity contribution in [3.8, 4) is 0 Å². The molecule has 0 spiro atoms. The smallest absolute Gasteiger partial charge is 0.191 e. The molecule has 32 heavy (non-hydrogen) atoms. The number of halogens is 2. The van der Waals surface area contributed by atoms with Gasteiger partial charge in [0.2, 0.25) is 0 Å². The van der Waals surface area contributed by atoms with Gasteiger partial charge in [0, 0.05) is 38.6 Å². The lowest BCUT2D eigenvalue weighted by Crippen LogP contribution is -2.51. The first-order valence-electron chi connectivity index (χ1n) is 11.3. The maximum Gasteiger partial charge on any atom is 0.191 e. The van der Waals surface area contributed by atoms with E-state index in [4.69, 9.17) is 4.74 Å². The van der Waals surface area contributed by atoms with Crippen LogP contribution in [0, 0.1) is 5.82 Å². The largest absolute Gasteiger partial charge is 0.377 e. The fourth-order valence-corrected chi connectivity index (χ4v) is 4.91. The Morgan fingerprint density at radius 1 is 1.25 bits per heavy atom. The van der Waals surface area contributed by atoms with Crippen LogP contribution in [0.25, 0.3) is 0 Å². The minimum atomic E-state index is -0.182. The zero-order chi connectivity index (χ0) is 21.7. The van der Waals surface area contributed by atoms with E-state index in [9.17, 15) is 4.39 Å². The standard InChI is InChI=1S/C23H33FN6O.HI/c1-25-22(27-19-10-11-21-28-20(15-31-2)29-30(21)14-19)26-16-23(12-4-3-5-13-23)17-6-8-18(24)9-7-17;/h6-9,19H,3-5,10-16H2,1-2H3,(H2,25,26,27);1H. The van der Waals surface area contributed by atoms with Gasteiger partial charge in [-0.1, -0.05) is 31.4 Å². The highest BCUT2D eigenvalue weighted by Gasteiger charge is 2.34. The topological polar surface area (TPSA) is 76.4 Å². The molecule has 2 aromatic rings. The van der Waals surface area contributed by atoms with E-state index >= 15 is 0 Å². The summed E-state index contributed by atoms with van der Waals surface area (Å²) in [7, 11) is 3.46. The van der Waals surface area contributed by atoms with Gasteiger partial charge in [-0.2, -0.15) is 5.10 Å². The van der Waals surface area contributed by atoms with Crippen molar-refractivity contribution in [3.63, 3.8) is 0 Å². The van der Waals surface area contributed by atoms with Crippen molar-refractivity contribution in [1.82, 2.24) is 25.4 Å². The van der Waals surface area contributed by atoms with Gasteiger partial charge < -0.3 is 15.4 Å². The van der Waals surface area contributed by atoms with Gasteiger partial charge in [-0.05, 0) is 37.0 Å². The lowest BCUT2D eigenvalue weighted by Gasteiger charge is -2.39. The molecule has 0 saturated heterocycles. The van der Waals surface area contributed by atoms with Crippen LogP contribution < -0.4 is 10.6 Å². The van der Waals surface area contributed by atoms with Crippen molar-refractivity contribution >= 4 is 29.9 Å². The number of nitrogens with zero attached hydrogens (tertiary/aromatic N) is 4. The summed E-state index contributed by atoms with van der Waals surface area (Å²) in [5.41, 5.74) is 1.23. The van der Waals surface area contributed by atoms with E-state index in [1.807, 2.05) is 16.8 Å². The van der Waals surface area contributed by atoms with Crippen LogP contribution in [0.5, 0.6) is 0 Å². The Bertz CT molecular complexity index is 894. The number of guanidine groups is 1. The molecule has 4 rings (SSSR count). The molecule has 2 aliphatic rings. The summed E-state index contributed by atoms with van der Waals surface area (Å²) < 4.78 is 20.6. The molecule has 0 radical (unpaired) electrons. The molecular formula is C23H34FIN6O. The van der Waals surface area contributed by atoms with Gasteiger partial charge in [0.25, 0.3) is 0 Å². The summed E-state index contributed by atoms with van der Waals surface area (Å²) in [4.78, 5) is 9.01. The predicted molar refractivity (Wildman–Crippen MR) is 134 cm³/mol. The average molecular weight is 556 g/mol. The molecule has 2 N–H and O–H groups in total. The van der Waals surface area contributed by atoms with Crippen LogP contribution in [0.2, 0.25) is 0 Å². The van der Waals surface area contributed by atoms with Crippen molar-refractivity contribution in [3.05, 3.63) is 47.3 Å². The number of benzene rings is 1. The molecule has 7 nitrogen and oxygen atoms in total. The Labute approximate surface area is 206 Å². The molecule has 1 saturated carbocycles. The quantitative estimate of drug-likeness (QED) is 0.324. The summed E-state index contributed by atoms with van der Waals surface area (Å²) in [5, 5.41) is 11.7. The molecule has 176 valence electrons. The second-order valence-corrected chi connectivity index (χ2v) is 8.71. The van der Waals surface area contributed by atoms with Crippen LogP contribution in [-0.2, 0) is 29.7 Å². The number of fused-ring (bicyclic) bond motifs is 1. The van der Waals surface area contributed by atoms with Crippen LogP contribution in [0.3, 0.4) is 0 Å². The maximum atomic E-state index is 13.5. The zero-order valence-corrected chi connectivity index (χ0v) is 21.3. The molecule has 0 amide bonds. The molecule has 1 aromatic heterocycles. The normalized spacial score (nSPS) is 20.2. The van der Waals surface area contributed by atoms with Crippen molar-refractivity contribution in [2.45, 2.75) is 69.6 Å². The Morgan fingerprint density at radius 2 is 2.00 bits per heavy atom. The van der Waals surface area contributed by atoms with Gasteiger partial charge in [0.1, 0.15) is 18.2 Å². The van der Waals surface area contributed by atoms with E-state index in [0.717, 1.165) is 56.4 Å². The van der Waals surface area contributed by atoms with Crippen LogP contribution in [-0.4, -0.2) is 47.5 Å². The lowest BCUT2D eigenvalue weighted by atomic mass is 9.69. The van der Waals surface area contributed by atoms with E-state index in [2.05, 4.69) is 25.7 Å². The molecule has 0 bridgehead atoms. The Hall–Kier alpha value is -1.75.